The van der Waals surface area contributed by atoms with Crippen LogP contribution in [-0.4, -0.2) is 35.3 Å². The molecule has 4 rings (SSSR count). The summed E-state index contributed by atoms with van der Waals surface area (Å²) in [6, 6.07) is 13.5. The van der Waals surface area contributed by atoms with Crippen LogP contribution in [0.15, 0.2) is 42.5 Å². The van der Waals surface area contributed by atoms with E-state index in [2.05, 4.69) is 20.5 Å². The summed E-state index contributed by atoms with van der Waals surface area (Å²) in [6.45, 7) is 1.97. The van der Waals surface area contributed by atoms with E-state index in [9.17, 15) is 4.79 Å². The summed E-state index contributed by atoms with van der Waals surface area (Å²) in [5.74, 6) is 1.01. The van der Waals surface area contributed by atoms with Crippen molar-refractivity contribution in [2.24, 2.45) is 0 Å². The van der Waals surface area contributed by atoms with Gasteiger partial charge in [0, 0.05) is 7.05 Å². The first kappa shape index (κ1) is 18.3. The van der Waals surface area contributed by atoms with E-state index in [-0.39, 0.29) is 5.97 Å². The lowest BCUT2D eigenvalue weighted by molar-refractivity contribution is 0.0606. The number of carbonyl (C=O) groups excluding carboxylic acids is 1. The lowest BCUT2D eigenvalue weighted by atomic mass is 10.3. The third-order valence-corrected chi connectivity index (χ3v) is 6.24. The van der Waals surface area contributed by atoms with Crippen molar-refractivity contribution in [3.05, 3.63) is 52.9 Å². The predicted molar refractivity (Wildman–Crippen MR) is 113 cm³/mol. The summed E-state index contributed by atoms with van der Waals surface area (Å²) in [5.41, 5.74) is 1.90. The molecule has 4 aromatic rings. The number of nitrogens with zero attached hydrogens (tertiary/aromatic N) is 4. The van der Waals surface area contributed by atoms with E-state index in [1.807, 2.05) is 55.3 Å². The number of nitrogens with one attached hydrogen (secondary N) is 1. The van der Waals surface area contributed by atoms with Crippen LogP contribution in [0.3, 0.4) is 0 Å². The minimum atomic E-state index is -0.345. The number of aryl methyl sites for hydroxylation is 1. The van der Waals surface area contributed by atoms with Crippen molar-refractivity contribution < 1.29 is 9.53 Å². The zero-order valence-corrected chi connectivity index (χ0v) is 17.1. The van der Waals surface area contributed by atoms with Crippen molar-refractivity contribution in [2.75, 3.05) is 24.4 Å². The molecule has 3 heterocycles. The quantitative estimate of drug-likeness (QED) is 0.475. The van der Waals surface area contributed by atoms with Gasteiger partial charge in [0.15, 0.2) is 16.8 Å². The van der Waals surface area contributed by atoms with Gasteiger partial charge in [-0.25, -0.2) is 9.78 Å². The van der Waals surface area contributed by atoms with Crippen molar-refractivity contribution in [3.63, 3.8) is 0 Å². The van der Waals surface area contributed by atoms with E-state index in [0.29, 0.717) is 16.5 Å². The Balaban J connectivity index is 1.55. The molecular weight excluding hydrogens is 394 g/mol. The van der Waals surface area contributed by atoms with Crippen molar-refractivity contribution in [1.29, 1.82) is 0 Å². The van der Waals surface area contributed by atoms with Crippen LogP contribution in [0, 0.1) is 6.92 Å². The van der Waals surface area contributed by atoms with Gasteiger partial charge in [0.1, 0.15) is 4.88 Å². The zero-order valence-electron chi connectivity index (χ0n) is 15.5. The largest absolute Gasteiger partial charge is 0.465 e. The Hall–Kier alpha value is -3.04. The fourth-order valence-corrected chi connectivity index (χ4v) is 4.38. The molecule has 28 heavy (non-hydrogen) atoms. The molecule has 0 aliphatic rings. The number of benzene rings is 1. The van der Waals surface area contributed by atoms with E-state index in [1.54, 1.807) is 17.4 Å². The average molecular weight is 412 g/mol. The fourth-order valence-electron chi connectivity index (χ4n) is 2.62. The summed E-state index contributed by atoms with van der Waals surface area (Å²) in [5, 5.41) is 13.6. The maximum atomic E-state index is 11.7. The van der Waals surface area contributed by atoms with Gasteiger partial charge in [-0.05, 0) is 42.8 Å². The second kappa shape index (κ2) is 7.53. The summed E-state index contributed by atoms with van der Waals surface area (Å²) in [4.78, 5) is 18.7. The standard InChI is InChI=1S/C19H17N5O2S2/c1-11-10-15(24(2)16-9-8-14(27-16)18(25)26-3)22-23-17(11)21-19-20-12-6-4-5-7-13(12)28-19/h4-10H,1-3H3,(H,20,21,23). The number of para-hydroxylation sites is 1. The van der Waals surface area contributed by atoms with Crippen LogP contribution in [-0.2, 0) is 4.74 Å². The van der Waals surface area contributed by atoms with Crippen molar-refractivity contribution in [1.82, 2.24) is 15.2 Å². The number of hydrogen-bond donors (Lipinski definition) is 1. The Labute approximate surface area is 169 Å². The highest BCUT2D eigenvalue weighted by Crippen LogP contribution is 2.32. The number of carbonyl (C=O) groups is 1. The van der Waals surface area contributed by atoms with Crippen LogP contribution < -0.4 is 10.2 Å². The molecule has 0 fully saturated rings. The lowest BCUT2D eigenvalue weighted by Gasteiger charge is -2.16. The maximum absolute atomic E-state index is 11.7. The Morgan fingerprint density at radius 1 is 1.14 bits per heavy atom. The Morgan fingerprint density at radius 2 is 1.96 bits per heavy atom. The smallest absolute Gasteiger partial charge is 0.348 e. The number of hydrogen-bond acceptors (Lipinski definition) is 9. The number of esters is 1. The minimum Gasteiger partial charge on any atom is -0.465 e. The normalized spacial score (nSPS) is 10.8. The molecule has 9 heteroatoms. The third kappa shape index (κ3) is 3.54. The van der Waals surface area contributed by atoms with Crippen molar-refractivity contribution >= 4 is 60.6 Å². The van der Waals surface area contributed by atoms with Crippen LogP contribution in [0.4, 0.5) is 21.8 Å². The fraction of sp³-hybridized carbons (Fsp3) is 0.158. The first-order valence-corrected chi connectivity index (χ1v) is 10.1. The van der Waals surface area contributed by atoms with Crippen molar-refractivity contribution in [3.8, 4) is 0 Å². The van der Waals surface area contributed by atoms with Crippen LogP contribution in [0.2, 0.25) is 0 Å². The number of aromatic nitrogens is 3. The van der Waals surface area contributed by atoms with Gasteiger partial charge in [-0.1, -0.05) is 23.5 Å². The summed E-state index contributed by atoms with van der Waals surface area (Å²) in [6.07, 6.45) is 0. The molecule has 0 bridgehead atoms. The van der Waals surface area contributed by atoms with E-state index in [4.69, 9.17) is 4.74 Å². The molecule has 0 radical (unpaired) electrons. The molecule has 0 unspecified atom stereocenters. The van der Waals surface area contributed by atoms with Crippen LogP contribution >= 0.6 is 22.7 Å². The monoisotopic (exact) mass is 411 g/mol. The van der Waals surface area contributed by atoms with E-state index in [1.165, 1.54) is 18.4 Å². The highest BCUT2D eigenvalue weighted by Gasteiger charge is 2.15. The van der Waals surface area contributed by atoms with Gasteiger partial charge in [0.25, 0.3) is 0 Å². The van der Waals surface area contributed by atoms with Gasteiger partial charge >= 0.3 is 5.97 Å². The third-order valence-electron chi connectivity index (χ3n) is 4.14. The molecule has 0 aliphatic heterocycles. The van der Waals surface area contributed by atoms with Gasteiger partial charge in [-0.15, -0.1) is 21.5 Å². The molecule has 0 atom stereocenters. The summed E-state index contributed by atoms with van der Waals surface area (Å²) in [7, 11) is 3.26. The Kier molecular flexibility index (Phi) is 4.93. The second-order valence-corrected chi connectivity index (χ2v) is 8.13. The molecule has 1 aromatic carbocycles. The summed E-state index contributed by atoms with van der Waals surface area (Å²) >= 11 is 2.92. The molecule has 0 saturated heterocycles. The Morgan fingerprint density at radius 3 is 2.71 bits per heavy atom. The number of methoxy groups -OCH3 is 1. The summed E-state index contributed by atoms with van der Waals surface area (Å²) < 4.78 is 5.88. The highest BCUT2D eigenvalue weighted by molar-refractivity contribution is 7.22. The van der Waals surface area contributed by atoms with Gasteiger partial charge in [0.05, 0.1) is 22.3 Å². The number of fused-ring (bicyclic) bond motifs is 1. The Bertz CT molecular complexity index is 1120. The number of rotatable bonds is 5. The molecule has 0 amide bonds. The second-order valence-electron chi connectivity index (χ2n) is 6.03. The molecule has 3 aromatic heterocycles. The number of thiazole rings is 1. The molecule has 142 valence electrons. The molecule has 7 nitrogen and oxygen atoms in total. The topological polar surface area (TPSA) is 80.2 Å². The lowest BCUT2D eigenvalue weighted by Crippen LogP contribution is -2.11. The van der Waals surface area contributed by atoms with Crippen LogP contribution in [0.1, 0.15) is 15.2 Å². The number of anilines is 4. The molecule has 0 aliphatic carbocycles. The van der Waals surface area contributed by atoms with Crippen molar-refractivity contribution in [2.45, 2.75) is 6.92 Å². The van der Waals surface area contributed by atoms with Crippen LogP contribution in [0.25, 0.3) is 10.2 Å². The van der Waals surface area contributed by atoms with Gasteiger partial charge in [-0.2, -0.15) is 0 Å². The first-order valence-electron chi connectivity index (χ1n) is 8.44. The number of thiophene rings is 1. The predicted octanol–water partition coefficient (Wildman–Crippen LogP) is 4.75. The van der Waals surface area contributed by atoms with Crippen LogP contribution in [0.5, 0.6) is 0 Å². The number of ether oxygens (including phenoxy) is 1. The van der Waals surface area contributed by atoms with Gasteiger partial charge in [-0.3, -0.25) is 0 Å². The molecule has 0 spiro atoms. The average Bonchev–Trinajstić information content (AvgIpc) is 3.35. The maximum Gasteiger partial charge on any atom is 0.348 e. The molecular formula is C19H17N5O2S2. The minimum absolute atomic E-state index is 0.345. The molecule has 1 N–H and O–H groups in total. The van der Waals surface area contributed by atoms with E-state index < -0.39 is 0 Å². The van der Waals surface area contributed by atoms with E-state index in [0.717, 1.165) is 25.9 Å². The first-order chi connectivity index (χ1) is 13.5. The van der Waals surface area contributed by atoms with Gasteiger partial charge < -0.3 is 15.0 Å². The van der Waals surface area contributed by atoms with E-state index >= 15 is 0 Å². The van der Waals surface area contributed by atoms with Gasteiger partial charge in [0.2, 0.25) is 0 Å². The highest BCUT2D eigenvalue weighted by atomic mass is 32.1. The zero-order chi connectivity index (χ0) is 19.7. The SMILES string of the molecule is COC(=O)c1ccc(N(C)c2cc(C)c(Nc3nc4ccccc4s3)nn2)s1. The molecule has 0 saturated carbocycles.